The molecule has 2 amide bonds. The molecule has 0 saturated carbocycles. The van der Waals surface area contributed by atoms with Gasteiger partial charge in [0.2, 0.25) is 11.9 Å². The largest absolute Gasteiger partial charge is 0.510 e. The van der Waals surface area contributed by atoms with E-state index in [0.29, 0.717) is 30.2 Å². The van der Waals surface area contributed by atoms with Crippen molar-refractivity contribution in [1.82, 2.24) is 30.0 Å². The third-order valence-electron chi connectivity index (χ3n) is 7.08. The number of aliphatic hydroxyl groups excluding tert-OH is 1. The summed E-state index contributed by atoms with van der Waals surface area (Å²) in [5, 5.41) is 20.2. The summed E-state index contributed by atoms with van der Waals surface area (Å²) < 4.78 is 20.9. The van der Waals surface area contributed by atoms with E-state index in [0.717, 1.165) is 21.1 Å². The van der Waals surface area contributed by atoms with E-state index in [2.05, 4.69) is 27.3 Å². The Morgan fingerprint density at radius 2 is 2.07 bits per heavy atom. The zero-order valence-electron chi connectivity index (χ0n) is 23.5. The van der Waals surface area contributed by atoms with Crippen LogP contribution in [0.4, 0.5) is 16.2 Å². The molecule has 0 aliphatic carbocycles. The number of hydrogen-bond donors (Lipinski definition) is 3. The highest BCUT2D eigenvalue weighted by Crippen LogP contribution is 2.36. The number of hydrogen-bond acceptors (Lipinski definition) is 9. The van der Waals surface area contributed by atoms with E-state index < -0.39 is 23.8 Å². The molecule has 1 aliphatic heterocycles. The monoisotopic (exact) mass is 591 g/mol. The highest BCUT2D eigenvalue weighted by atomic mass is 32.1. The molecule has 42 heavy (non-hydrogen) atoms. The van der Waals surface area contributed by atoms with E-state index in [9.17, 15) is 19.1 Å². The molecule has 0 unspecified atom stereocenters. The molecule has 3 aromatic heterocycles. The summed E-state index contributed by atoms with van der Waals surface area (Å²) in [7, 11) is 3.20. The van der Waals surface area contributed by atoms with Crippen molar-refractivity contribution in [2.24, 2.45) is 7.05 Å². The third-order valence-corrected chi connectivity index (χ3v) is 8.28. The molecule has 2 atom stereocenters. The fourth-order valence-corrected chi connectivity index (χ4v) is 5.95. The molecule has 11 nitrogen and oxygen atoms in total. The predicted molar refractivity (Wildman–Crippen MR) is 156 cm³/mol. The first-order chi connectivity index (χ1) is 20.0. The number of aromatic nitrogens is 4. The number of fused-ring (bicyclic) bond motifs is 1. The van der Waals surface area contributed by atoms with Gasteiger partial charge in [-0.3, -0.25) is 14.3 Å². The minimum absolute atomic E-state index is 0.226. The van der Waals surface area contributed by atoms with E-state index in [1.807, 2.05) is 20.0 Å². The summed E-state index contributed by atoms with van der Waals surface area (Å²) in [4.78, 5) is 39.2. The number of ether oxygens (including phenoxy) is 1. The summed E-state index contributed by atoms with van der Waals surface area (Å²) >= 11 is 1.49. The summed E-state index contributed by atoms with van der Waals surface area (Å²) in [5.74, 6) is -0.420. The Morgan fingerprint density at radius 1 is 1.29 bits per heavy atom. The SMILES string of the molecule is C=C(O)[C@@H](NC(=O)[C@@H](C)N1CCc2sc(-c3nc(Nc4ccnn4C)ncc3C)cc2C1=O)c1cc(F)cc(OC)c1. The standard InChI is InChI=1S/C29H30FN7O4S/c1-15-14-31-29(33-24-6-8-32-36(24)4)35-25(15)23-13-21-22(42-23)7-9-37(28(21)40)16(2)27(39)34-26(17(3)38)18-10-19(30)12-20(11-18)41-5/h6,8,10-14,16,26,38H,3,7,9H2,1-2,4-5H3,(H,34,39)(H,31,33,35)/t16-,26-/m1/s1. The van der Waals surface area contributed by atoms with Gasteiger partial charge < -0.3 is 25.4 Å². The lowest BCUT2D eigenvalue weighted by atomic mass is 10.0. The number of anilines is 2. The van der Waals surface area contributed by atoms with E-state index in [4.69, 9.17) is 9.72 Å². The number of halogens is 1. The van der Waals surface area contributed by atoms with E-state index in [1.54, 1.807) is 30.1 Å². The average Bonchev–Trinajstić information content (AvgIpc) is 3.58. The van der Waals surface area contributed by atoms with Crippen LogP contribution >= 0.6 is 11.3 Å². The number of carbonyl (C=O) groups excluding carboxylic acids is 2. The number of methoxy groups -OCH3 is 1. The van der Waals surface area contributed by atoms with Gasteiger partial charge in [-0.15, -0.1) is 11.3 Å². The van der Waals surface area contributed by atoms with Crippen LogP contribution in [0.1, 0.15) is 39.3 Å². The lowest BCUT2D eigenvalue weighted by Crippen LogP contribution is -2.51. The van der Waals surface area contributed by atoms with Crippen molar-refractivity contribution in [3.8, 4) is 16.3 Å². The number of thiophene rings is 1. The van der Waals surface area contributed by atoms with E-state index >= 15 is 0 Å². The van der Waals surface area contributed by atoms with E-state index in [1.165, 1.54) is 41.5 Å². The molecule has 0 saturated heterocycles. The number of benzene rings is 1. The van der Waals surface area contributed by atoms with Crippen LogP contribution in [-0.4, -0.2) is 61.3 Å². The Labute approximate surface area is 245 Å². The van der Waals surface area contributed by atoms with Gasteiger partial charge in [-0.25, -0.2) is 14.4 Å². The minimum atomic E-state index is -1.09. The van der Waals surface area contributed by atoms with Crippen LogP contribution in [0, 0.1) is 12.7 Å². The maximum absolute atomic E-state index is 14.1. The highest BCUT2D eigenvalue weighted by Gasteiger charge is 2.34. The molecule has 0 fully saturated rings. The normalized spacial score (nSPS) is 14.2. The predicted octanol–water partition coefficient (Wildman–Crippen LogP) is 4.45. The van der Waals surface area contributed by atoms with Crippen molar-refractivity contribution in [2.45, 2.75) is 32.4 Å². The first kappa shape index (κ1) is 28.7. The number of amides is 2. The number of carbonyl (C=O) groups is 2. The second-order valence-corrected chi connectivity index (χ2v) is 11.1. The van der Waals surface area contributed by atoms with Crippen molar-refractivity contribution in [1.29, 1.82) is 0 Å². The van der Waals surface area contributed by atoms with Crippen molar-refractivity contribution in [3.05, 3.63) is 82.4 Å². The quantitative estimate of drug-likeness (QED) is 0.243. The zero-order chi connectivity index (χ0) is 30.1. The molecule has 218 valence electrons. The molecule has 1 aliphatic rings. The van der Waals surface area contributed by atoms with Crippen LogP contribution < -0.4 is 15.4 Å². The number of aryl methyl sites for hydroxylation is 2. The minimum Gasteiger partial charge on any atom is -0.510 e. The average molecular weight is 592 g/mol. The van der Waals surface area contributed by atoms with Crippen LogP contribution in [0.15, 0.2) is 55.1 Å². The Bertz CT molecular complexity index is 1680. The molecule has 4 aromatic rings. The highest BCUT2D eigenvalue weighted by molar-refractivity contribution is 7.15. The summed E-state index contributed by atoms with van der Waals surface area (Å²) in [6.45, 7) is 7.38. The number of aliphatic hydroxyl groups is 1. The number of rotatable bonds is 9. The fourth-order valence-electron chi connectivity index (χ4n) is 4.76. The summed E-state index contributed by atoms with van der Waals surface area (Å²) in [6, 6.07) is 5.51. The van der Waals surface area contributed by atoms with Crippen LogP contribution in [0.3, 0.4) is 0 Å². The van der Waals surface area contributed by atoms with Crippen molar-refractivity contribution in [3.63, 3.8) is 0 Å². The van der Waals surface area contributed by atoms with Crippen molar-refractivity contribution < 1.29 is 23.8 Å². The Hall–Kier alpha value is -4.78. The van der Waals surface area contributed by atoms with Gasteiger partial charge in [0.25, 0.3) is 5.91 Å². The van der Waals surface area contributed by atoms with Gasteiger partial charge in [-0.05, 0) is 43.2 Å². The Kier molecular flexibility index (Phi) is 7.94. The topological polar surface area (TPSA) is 134 Å². The number of nitrogens with one attached hydrogen (secondary N) is 2. The van der Waals surface area contributed by atoms with Gasteiger partial charge in [0.05, 0.1) is 29.4 Å². The molecule has 13 heteroatoms. The maximum Gasteiger partial charge on any atom is 0.255 e. The van der Waals surface area contributed by atoms with Crippen LogP contribution in [0.5, 0.6) is 5.75 Å². The Balaban J connectivity index is 1.34. The van der Waals surface area contributed by atoms with Crippen molar-refractivity contribution in [2.75, 3.05) is 19.0 Å². The molecular formula is C29H30FN7O4S. The van der Waals surface area contributed by atoms with Gasteiger partial charge in [0, 0.05) is 43.2 Å². The smallest absolute Gasteiger partial charge is 0.255 e. The summed E-state index contributed by atoms with van der Waals surface area (Å²) in [6.07, 6.45) is 3.95. The second-order valence-electron chi connectivity index (χ2n) is 9.92. The van der Waals surface area contributed by atoms with E-state index in [-0.39, 0.29) is 23.0 Å². The molecule has 1 aromatic carbocycles. The van der Waals surface area contributed by atoms with Gasteiger partial charge in [-0.2, -0.15) is 5.10 Å². The van der Waals surface area contributed by atoms with Crippen LogP contribution in [-0.2, 0) is 18.3 Å². The first-order valence-corrected chi connectivity index (χ1v) is 13.9. The molecule has 0 bridgehead atoms. The second kappa shape index (κ2) is 11.6. The lowest BCUT2D eigenvalue weighted by Gasteiger charge is -2.32. The van der Waals surface area contributed by atoms with Gasteiger partial charge in [-0.1, -0.05) is 6.58 Å². The number of nitrogens with zero attached hydrogens (tertiary/aromatic N) is 5. The first-order valence-electron chi connectivity index (χ1n) is 13.1. The van der Waals surface area contributed by atoms with Crippen LogP contribution in [0.25, 0.3) is 10.6 Å². The summed E-state index contributed by atoms with van der Waals surface area (Å²) in [5.41, 5.74) is 2.32. The zero-order valence-corrected chi connectivity index (χ0v) is 24.3. The maximum atomic E-state index is 14.1. The van der Waals surface area contributed by atoms with Gasteiger partial charge in [0.15, 0.2) is 0 Å². The molecular weight excluding hydrogens is 561 g/mol. The molecule has 4 heterocycles. The Morgan fingerprint density at radius 3 is 2.76 bits per heavy atom. The van der Waals surface area contributed by atoms with Crippen molar-refractivity contribution >= 4 is 34.9 Å². The molecule has 5 rings (SSSR count). The van der Waals surface area contributed by atoms with Gasteiger partial charge in [0.1, 0.15) is 35.2 Å². The third kappa shape index (κ3) is 5.68. The fraction of sp³-hybridized carbons (Fsp3) is 0.276. The lowest BCUT2D eigenvalue weighted by molar-refractivity contribution is -0.126. The van der Waals surface area contributed by atoms with Crippen LogP contribution in [0.2, 0.25) is 0 Å². The molecule has 0 radical (unpaired) electrons. The molecule has 3 N–H and O–H groups in total. The molecule has 0 spiro atoms. The van der Waals surface area contributed by atoms with Gasteiger partial charge >= 0.3 is 0 Å².